The highest BCUT2D eigenvalue weighted by Crippen LogP contribution is 2.23. The third-order valence-corrected chi connectivity index (χ3v) is 5.24. The van der Waals surface area contributed by atoms with E-state index in [1.165, 1.54) is 12.8 Å². The third kappa shape index (κ3) is 5.52. The first-order valence-corrected chi connectivity index (χ1v) is 8.82. The van der Waals surface area contributed by atoms with E-state index >= 15 is 0 Å². The Balaban J connectivity index is 1.64. The number of rotatable bonds is 6. The summed E-state index contributed by atoms with van der Waals surface area (Å²) in [6.45, 7) is 8.94. The Kier molecular flexibility index (Phi) is 7.12. The van der Waals surface area contributed by atoms with Gasteiger partial charge in [-0.2, -0.15) is 0 Å². The summed E-state index contributed by atoms with van der Waals surface area (Å²) in [4.78, 5) is 14.5. The number of aliphatic hydroxyl groups is 1. The zero-order chi connectivity index (χ0) is 15.9. The van der Waals surface area contributed by atoms with Gasteiger partial charge in [0, 0.05) is 32.2 Å². The molecule has 0 radical (unpaired) electrons. The molecule has 22 heavy (non-hydrogen) atoms. The zero-order valence-corrected chi connectivity index (χ0v) is 14.1. The average molecular weight is 312 g/mol. The highest BCUT2D eigenvalue weighted by Gasteiger charge is 2.26. The molecule has 2 aliphatic rings. The molecule has 1 amide bonds. The monoisotopic (exact) mass is 312 g/mol. The smallest absolute Gasteiger partial charge is 0.223 e. The standard InChI is InChI=1S/C17H32N2O3/c1-13-3-7-19(8-4-13)12-16(20)11-18-17(21)14(2)15-5-9-22-10-6-15/h13-16,20H,3-12H2,1-2H3,(H,18,21). The van der Waals surface area contributed by atoms with Crippen LogP contribution in [-0.2, 0) is 9.53 Å². The number of ether oxygens (including phenoxy) is 1. The number of piperidine rings is 1. The van der Waals surface area contributed by atoms with Crippen molar-refractivity contribution < 1.29 is 14.6 Å². The molecular weight excluding hydrogens is 280 g/mol. The van der Waals surface area contributed by atoms with E-state index in [1.54, 1.807) is 0 Å². The van der Waals surface area contributed by atoms with Crippen molar-refractivity contribution in [3.63, 3.8) is 0 Å². The fraction of sp³-hybridized carbons (Fsp3) is 0.941. The first-order valence-electron chi connectivity index (χ1n) is 8.82. The second-order valence-electron chi connectivity index (χ2n) is 7.12. The van der Waals surface area contributed by atoms with Crippen molar-refractivity contribution in [3.05, 3.63) is 0 Å². The Morgan fingerprint density at radius 3 is 2.55 bits per heavy atom. The van der Waals surface area contributed by atoms with Crippen LogP contribution < -0.4 is 5.32 Å². The highest BCUT2D eigenvalue weighted by molar-refractivity contribution is 5.78. The number of carbonyl (C=O) groups excluding carboxylic acids is 1. The molecular formula is C17H32N2O3. The van der Waals surface area contributed by atoms with E-state index < -0.39 is 6.10 Å². The lowest BCUT2D eigenvalue weighted by Crippen LogP contribution is -2.44. The molecule has 2 heterocycles. The minimum absolute atomic E-state index is 0.00642. The SMILES string of the molecule is CC1CCN(CC(O)CNC(=O)C(C)C2CCOCC2)CC1. The summed E-state index contributed by atoms with van der Waals surface area (Å²) in [5, 5.41) is 13.1. The number of β-amino-alcohol motifs (C(OH)–C–C–N with tert-alkyl or cyclic N) is 1. The van der Waals surface area contributed by atoms with Crippen molar-refractivity contribution in [1.82, 2.24) is 10.2 Å². The molecule has 2 rings (SSSR count). The first kappa shape index (κ1) is 17.7. The van der Waals surface area contributed by atoms with Crippen LogP contribution >= 0.6 is 0 Å². The summed E-state index contributed by atoms with van der Waals surface area (Å²) in [6.07, 6.45) is 3.87. The van der Waals surface area contributed by atoms with E-state index in [1.807, 2.05) is 6.92 Å². The summed E-state index contributed by atoms with van der Waals surface area (Å²) in [5.74, 6) is 1.29. The number of aliphatic hydroxyl groups excluding tert-OH is 1. The Bertz CT molecular complexity index is 337. The van der Waals surface area contributed by atoms with Crippen molar-refractivity contribution in [3.8, 4) is 0 Å². The number of nitrogens with one attached hydrogen (secondary N) is 1. The molecule has 2 atom stereocenters. The van der Waals surface area contributed by atoms with Gasteiger partial charge in [0.2, 0.25) is 5.91 Å². The lowest BCUT2D eigenvalue weighted by molar-refractivity contribution is -0.127. The Labute approximate surface area is 134 Å². The molecule has 2 fully saturated rings. The van der Waals surface area contributed by atoms with Crippen LogP contribution in [0.15, 0.2) is 0 Å². The van der Waals surface area contributed by atoms with Crippen molar-refractivity contribution in [2.24, 2.45) is 17.8 Å². The molecule has 0 bridgehead atoms. The summed E-state index contributed by atoms with van der Waals surface area (Å²) < 4.78 is 5.34. The van der Waals surface area contributed by atoms with Crippen LogP contribution in [0.2, 0.25) is 0 Å². The second-order valence-corrected chi connectivity index (χ2v) is 7.12. The van der Waals surface area contributed by atoms with Crippen molar-refractivity contribution in [1.29, 1.82) is 0 Å². The summed E-state index contributed by atoms with van der Waals surface area (Å²) in [5.41, 5.74) is 0. The fourth-order valence-corrected chi connectivity index (χ4v) is 3.42. The molecule has 5 nitrogen and oxygen atoms in total. The lowest BCUT2D eigenvalue weighted by Gasteiger charge is -2.32. The van der Waals surface area contributed by atoms with Crippen LogP contribution in [-0.4, -0.2) is 61.4 Å². The van der Waals surface area contributed by atoms with Gasteiger partial charge in [-0.15, -0.1) is 0 Å². The van der Waals surface area contributed by atoms with Crippen LogP contribution in [0.4, 0.5) is 0 Å². The molecule has 0 aromatic rings. The third-order valence-electron chi connectivity index (χ3n) is 5.24. The molecule has 0 aromatic carbocycles. The van der Waals surface area contributed by atoms with Gasteiger partial charge in [-0.3, -0.25) is 4.79 Å². The maximum absolute atomic E-state index is 12.2. The molecule has 2 N–H and O–H groups in total. The Morgan fingerprint density at radius 2 is 1.91 bits per heavy atom. The molecule has 128 valence electrons. The predicted molar refractivity (Wildman–Crippen MR) is 86.6 cm³/mol. The molecule has 0 aromatic heterocycles. The van der Waals surface area contributed by atoms with Crippen LogP contribution in [0.1, 0.15) is 39.5 Å². The van der Waals surface area contributed by atoms with Gasteiger partial charge >= 0.3 is 0 Å². The number of hydrogen-bond acceptors (Lipinski definition) is 4. The Morgan fingerprint density at radius 1 is 1.27 bits per heavy atom. The van der Waals surface area contributed by atoms with Gasteiger partial charge in [0.05, 0.1) is 6.10 Å². The molecule has 0 spiro atoms. The van der Waals surface area contributed by atoms with Crippen LogP contribution in [0.5, 0.6) is 0 Å². The summed E-state index contributed by atoms with van der Waals surface area (Å²) in [7, 11) is 0. The summed E-state index contributed by atoms with van der Waals surface area (Å²) in [6, 6.07) is 0. The van der Waals surface area contributed by atoms with E-state index in [4.69, 9.17) is 4.74 Å². The molecule has 2 unspecified atom stereocenters. The molecule has 2 aliphatic heterocycles. The van der Waals surface area contributed by atoms with E-state index in [0.717, 1.165) is 45.1 Å². The van der Waals surface area contributed by atoms with Crippen LogP contribution in [0, 0.1) is 17.8 Å². The lowest BCUT2D eigenvalue weighted by atomic mass is 9.87. The fourth-order valence-electron chi connectivity index (χ4n) is 3.42. The van der Waals surface area contributed by atoms with Crippen molar-refractivity contribution >= 4 is 5.91 Å². The maximum atomic E-state index is 12.2. The Hall–Kier alpha value is -0.650. The van der Waals surface area contributed by atoms with Gasteiger partial charge in [0.25, 0.3) is 0 Å². The minimum Gasteiger partial charge on any atom is -0.390 e. The molecule has 5 heteroatoms. The van der Waals surface area contributed by atoms with E-state index in [-0.39, 0.29) is 11.8 Å². The highest BCUT2D eigenvalue weighted by atomic mass is 16.5. The number of likely N-dealkylation sites (tertiary alicyclic amines) is 1. The van der Waals surface area contributed by atoms with Crippen LogP contribution in [0.25, 0.3) is 0 Å². The van der Waals surface area contributed by atoms with E-state index in [0.29, 0.717) is 19.0 Å². The van der Waals surface area contributed by atoms with Gasteiger partial charge in [0.15, 0.2) is 0 Å². The van der Waals surface area contributed by atoms with Gasteiger partial charge in [-0.25, -0.2) is 0 Å². The number of amides is 1. The van der Waals surface area contributed by atoms with Gasteiger partial charge < -0.3 is 20.1 Å². The van der Waals surface area contributed by atoms with E-state index in [2.05, 4.69) is 17.1 Å². The van der Waals surface area contributed by atoms with Crippen molar-refractivity contribution in [2.75, 3.05) is 39.4 Å². The molecule has 0 aliphatic carbocycles. The molecule has 0 saturated carbocycles. The van der Waals surface area contributed by atoms with Gasteiger partial charge in [0.1, 0.15) is 0 Å². The van der Waals surface area contributed by atoms with E-state index in [9.17, 15) is 9.90 Å². The van der Waals surface area contributed by atoms with Crippen molar-refractivity contribution in [2.45, 2.75) is 45.6 Å². The minimum atomic E-state index is -0.473. The summed E-state index contributed by atoms with van der Waals surface area (Å²) >= 11 is 0. The number of hydrogen-bond donors (Lipinski definition) is 2. The normalized spacial score (nSPS) is 24.9. The quantitative estimate of drug-likeness (QED) is 0.775. The largest absolute Gasteiger partial charge is 0.390 e. The number of nitrogens with zero attached hydrogens (tertiary/aromatic N) is 1. The van der Waals surface area contributed by atoms with Gasteiger partial charge in [-0.1, -0.05) is 13.8 Å². The zero-order valence-electron chi connectivity index (χ0n) is 14.1. The maximum Gasteiger partial charge on any atom is 0.223 e. The topological polar surface area (TPSA) is 61.8 Å². The average Bonchev–Trinajstić information content (AvgIpc) is 2.55. The van der Waals surface area contributed by atoms with Gasteiger partial charge in [-0.05, 0) is 50.6 Å². The van der Waals surface area contributed by atoms with Crippen LogP contribution in [0.3, 0.4) is 0 Å². The first-order chi connectivity index (χ1) is 10.6. The predicted octanol–water partition coefficient (Wildman–Crippen LogP) is 1.26. The number of carbonyl (C=O) groups is 1. The second kappa shape index (κ2) is 8.85. The molecule has 2 saturated heterocycles.